The van der Waals surface area contributed by atoms with Crippen molar-refractivity contribution in [3.8, 4) is 6.07 Å². The summed E-state index contributed by atoms with van der Waals surface area (Å²) in [5, 5.41) is 12.5. The Morgan fingerprint density at radius 1 is 1.39 bits per heavy atom. The topological polar surface area (TPSA) is 35.8 Å². The summed E-state index contributed by atoms with van der Waals surface area (Å²) in [7, 11) is 0. The van der Waals surface area contributed by atoms with Crippen LogP contribution in [0.2, 0.25) is 0 Å². The highest BCUT2D eigenvalue weighted by atomic mass is 32.2. The number of benzene rings is 1. The fraction of sp³-hybridized carbons (Fsp3) is 0.533. The lowest BCUT2D eigenvalue weighted by atomic mass is 10.1. The molecule has 1 unspecified atom stereocenters. The number of nitriles is 1. The largest absolute Gasteiger partial charge is 0.308 e. The van der Waals surface area contributed by atoms with Gasteiger partial charge in [-0.1, -0.05) is 19.1 Å². The first-order chi connectivity index (χ1) is 8.44. The van der Waals surface area contributed by atoms with Crippen molar-refractivity contribution in [2.45, 2.75) is 56.3 Å². The van der Waals surface area contributed by atoms with E-state index in [1.807, 2.05) is 6.92 Å². The van der Waals surface area contributed by atoms with Gasteiger partial charge in [0.2, 0.25) is 0 Å². The lowest BCUT2D eigenvalue weighted by molar-refractivity contribution is 0.424. The van der Waals surface area contributed by atoms with E-state index in [2.05, 4.69) is 56.4 Å². The van der Waals surface area contributed by atoms with Crippen LogP contribution >= 0.6 is 11.8 Å². The predicted molar refractivity (Wildman–Crippen MR) is 78.6 cm³/mol. The summed E-state index contributed by atoms with van der Waals surface area (Å²) in [6.45, 7) is 9.39. The summed E-state index contributed by atoms with van der Waals surface area (Å²) in [4.78, 5) is 1.18. The van der Waals surface area contributed by atoms with Crippen LogP contribution in [-0.2, 0) is 6.54 Å². The maximum atomic E-state index is 8.98. The van der Waals surface area contributed by atoms with Crippen LogP contribution in [0.4, 0.5) is 0 Å². The highest BCUT2D eigenvalue weighted by molar-refractivity contribution is 8.00. The molecule has 1 atom stereocenters. The van der Waals surface area contributed by atoms with Crippen LogP contribution in [0.1, 0.15) is 39.7 Å². The van der Waals surface area contributed by atoms with Gasteiger partial charge in [-0.05, 0) is 44.9 Å². The molecule has 3 heteroatoms. The minimum atomic E-state index is 0.0517. The van der Waals surface area contributed by atoms with Gasteiger partial charge in [-0.15, -0.1) is 11.8 Å². The lowest BCUT2D eigenvalue weighted by Crippen LogP contribution is -2.35. The van der Waals surface area contributed by atoms with E-state index < -0.39 is 0 Å². The van der Waals surface area contributed by atoms with Crippen molar-refractivity contribution in [2.24, 2.45) is 0 Å². The van der Waals surface area contributed by atoms with E-state index in [4.69, 9.17) is 5.26 Å². The highest BCUT2D eigenvalue weighted by Gasteiger charge is 2.10. The van der Waals surface area contributed by atoms with E-state index in [0.29, 0.717) is 0 Å². The first kappa shape index (κ1) is 15.1. The Labute approximate surface area is 115 Å². The van der Waals surface area contributed by atoms with E-state index in [9.17, 15) is 0 Å². The van der Waals surface area contributed by atoms with Crippen molar-refractivity contribution in [3.63, 3.8) is 0 Å². The Balaban J connectivity index is 2.65. The first-order valence-electron chi connectivity index (χ1n) is 6.35. The highest BCUT2D eigenvalue weighted by Crippen LogP contribution is 2.25. The van der Waals surface area contributed by atoms with E-state index in [0.717, 1.165) is 13.0 Å². The van der Waals surface area contributed by atoms with Gasteiger partial charge in [-0.25, -0.2) is 0 Å². The summed E-state index contributed by atoms with van der Waals surface area (Å²) >= 11 is 1.65. The van der Waals surface area contributed by atoms with Gasteiger partial charge in [-0.2, -0.15) is 5.26 Å². The van der Waals surface area contributed by atoms with Gasteiger partial charge in [0.15, 0.2) is 0 Å². The van der Waals surface area contributed by atoms with Crippen molar-refractivity contribution in [1.82, 2.24) is 5.32 Å². The van der Waals surface area contributed by atoms with Crippen molar-refractivity contribution < 1.29 is 0 Å². The summed E-state index contributed by atoms with van der Waals surface area (Å²) in [6.07, 6.45) is 0.881. The van der Waals surface area contributed by atoms with Crippen LogP contribution in [0.25, 0.3) is 0 Å². The molecule has 1 aromatic carbocycles. The molecule has 1 N–H and O–H groups in total. The van der Waals surface area contributed by atoms with Crippen LogP contribution in [0, 0.1) is 11.3 Å². The molecular weight excluding hydrogens is 240 g/mol. The molecule has 0 spiro atoms. The van der Waals surface area contributed by atoms with Crippen molar-refractivity contribution in [1.29, 1.82) is 5.26 Å². The summed E-state index contributed by atoms with van der Waals surface area (Å²) in [6, 6.07) is 10.8. The molecule has 2 nitrogen and oxygen atoms in total. The molecule has 0 radical (unpaired) electrons. The Hall–Kier alpha value is -0.980. The number of rotatable bonds is 5. The molecule has 0 aliphatic carbocycles. The molecule has 98 valence electrons. The molecule has 0 fully saturated rings. The SMILES string of the molecule is CCC(C#N)Sc1cccc(CNC(C)(C)C)c1. The minimum absolute atomic E-state index is 0.0517. The van der Waals surface area contributed by atoms with Crippen LogP contribution in [0.15, 0.2) is 29.2 Å². The second kappa shape index (κ2) is 6.82. The van der Waals surface area contributed by atoms with E-state index in [-0.39, 0.29) is 10.8 Å². The number of hydrogen-bond acceptors (Lipinski definition) is 3. The molecule has 0 amide bonds. The smallest absolute Gasteiger partial charge is 0.0961 e. The van der Waals surface area contributed by atoms with Gasteiger partial charge < -0.3 is 5.32 Å². The van der Waals surface area contributed by atoms with E-state index >= 15 is 0 Å². The molecule has 0 heterocycles. The first-order valence-corrected chi connectivity index (χ1v) is 7.23. The maximum Gasteiger partial charge on any atom is 0.0961 e. The molecular formula is C15H22N2S. The molecule has 0 aliphatic heterocycles. The molecule has 0 aromatic heterocycles. The molecule has 1 aromatic rings. The number of nitrogens with one attached hydrogen (secondary N) is 1. The molecule has 0 aliphatic rings. The van der Waals surface area contributed by atoms with Crippen LogP contribution in [-0.4, -0.2) is 10.8 Å². The van der Waals surface area contributed by atoms with Gasteiger partial charge in [0.1, 0.15) is 0 Å². The van der Waals surface area contributed by atoms with Gasteiger partial charge in [-0.3, -0.25) is 0 Å². The Morgan fingerprint density at radius 3 is 2.67 bits per heavy atom. The normalized spacial score (nSPS) is 13.1. The average Bonchev–Trinajstić information content (AvgIpc) is 2.33. The monoisotopic (exact) mass is 262 g/mol. The zero-order valence-electron chi connectivity index (χ0n) is 11.7. The second-order valence-corrected chi connectivity index (χ2v) is 6.67. The Morgan fingerprint density at radius 2 is 2.11 bits per heavy atom. The van der Waals surface area contributed by atoms with E-state index in [1.165, 1.54) is 10.5 Å². The molecule has 0 saturated heterocycles. The van der Waals surface area contributed by atoms with Crippen LogP contribution in [0.3, 0.4) is 0 Å². The van der Waals surface area contributed by atoms with Gasteiger partial charge in [0, 0.05) is 17.0 Å². The molecule has 0 bridgehead atoms. The Bertz CT molecular complexity index is 415. The zero-order valence-corrected chi connectivity index (χ0v) is 12.5. The maximum absolute atomic E-state index is 8.98. The molecule has 0 saturated carbocycles. The van der Waals surface area contributed by atoms with Crippen molar-refractivity contribution >= 4 is 11.8 Å². The fourth-order valence-corrected chi connectivity index (χ4v) is 2.39. The molecule has 18 heavy (non-hydrogen) atoms. The number of thioether (sulfide) groups is 1. The summed E-state index contributed by atoms with van der Waals surface area (Å²) in [5.41, 5.74) is 1.39. The fourth-order valence-electron chi connectivity index (χ4n) is 1.46. The van der Waals surface area contributed by atoms with Crippen LogP contribution < -0.4 is 5.32 Å². The Kier molecular flexibility index (Phi) is 5.71. The van der Waals surface area contributed by atoms with Crippen LogP contribution in [0.5, 0.6) is 0 Å². The van der Waals surface area contributed by atoms with Gasteiger partial charge in [0.05, 0.1) is 11.3 Å². The molecule has 1 rings (SSSR count). The summed E-state index contributed by atoms with van der Waals surface area (Å²) < 4.78 is 0. The third-order valence-corrected chi connectivity index (χ3v) is 3.76. The van der Waals surface area contributed by atoms with E-state index in [1.54, 1.807) is 11.8 Å². The quantitative estimate of drug-likeness (QED) is 0.816. The standard InChI is InChI=1S/C15H22N2S/c1-5-13(10-16)18-14-8-6-7-12(9-14)11-17-15(2,3)4/h6-9,13,17H,5,11H2,1-4H3. The van der Waals surface area contributed by atoms with Gasteiger partial charge >= 0.3 is 0 Å². The lowest BCUT2D eigenvalue weighted by Gasteiger charge is -2.20. The van der Waals surface area contributed by atoms with Crippen molar-refractivity contribution in [2.75, 3.05) is 0 Å². The van der Waals surface area contributed by atoms with Crippen molar-refractivity contribution in [3.05, 3.63) is 29.8 Å². The average molecular weight is 262 g/mol. The second-order valence-electron chi connectivity index (χ2n) is 5.39. The van der Waals surface area contributed by atoms with Gasteiger partial charge in [0.25, 0.3) is 0 Å². The minimum Gasteiger partial charge on any atom is -0.308 e. The predicted octanol–water partition coefficient (Wildman–Crippen LogP) is 3.97. The third-order valence-electron chi connectivity index (χ3n) is 2.51. The summed E-state index contributed by atoms with van der Waals surface area (Å²) in [5.74, 6) is 0. The zero-order chi connectivity index (χ0) is 13.6. The third kappa shape index (κ3) is 5.57. The number of nitrogens with zero attached hydrogens (tertiary/aromatic N) is 1. The number of hydrogen-bond donors (Lipinski definition) is 1.